The Hall–Kier alpha value is -1.55. The van der Waals surface area contributed by atoms with E-state index in [1.807, 2.05) is 18.2 Å². The van der Waals surface area contributed by atoms with Crippen molar-refractivity contribution in [1.82, 2.24) is 5.32 Å². The molecule has 1 aromatic carbocycles. The van der Waals surface area contributed by atoms with Crippen LogP contribution < -0.4 is 11.1 Å². The highest BCUT2D eigenvalue weighted by molar-refractivity contribution is 5.78. The molecule has 1 amide bonds. The van der Waals surface area contributed by atoms with E-state index in [9.17, 15) is 9.90 Å². The Bertz CT molecular complexity index is 434. The van der Waals surface area contributed by atoms with Crippen molar-refractivity contribution < 1.29 is 9.90 Å². The van der Waals surface area contributed by atoms with Gasteiger partial charge >= 0.3 is 0 Å². The molecule has 1 saturated carbocycles. The summed E-state index contributed by atoms with van der Waals surface area (Å²) in [5.74, 6) is 0.196. The molecule has 0 heterocycles. The van der Waals surface area contributed by atoms with Crippen LogP contribution in [0.3, 0.4) is 0 Å². The third kappa shape index (κ3) is 4.24. The fourth-order valence-corrected chi connectivity index (χ4v) is 2.62. The smallest absolute Gasteiger partial charge is 0.224 e. The first-order valence-electron chi connectivity index (χ1n) is 6.94. The number of hydrogen-bond donors (Lipinski definition) is 3. The van der Waals surface area contributed by atoms with Crippen LogP contribution in [-0.4, -0.2) is 23.7 Å². The zero-order valence-corrected chi connectivity index (χ0v) is 11.1. The number of benzene rings is 1. The first-order valence-corrected chi connectivity index (χ1v) is 6.94. The van der Waals surface area contributed by atoms with Gasteiger partial charge in [0.25, 0.3) is 0 Å². The van der Waals surface area contributed by atoms with Crippen LogP contribution in [0, 0.1) is 5.92 Å². The normalized spacial score (nSPS) is 23.0. The van der Waals surface area contributed by atoms with Crippen molar-refractivity contribution in [3.63, 3.8) is 0 Å². The number of aliphatic hydroxyl groups excluding tert-OH is 1. The van der Waals surface area contributed by atoms with E-state index in [1.54, 1.807) is 6.07 Å². The Balaban J connectivity index is 1.78. The van der Waals surface area contributed by atoms with Gasteiger partial charge in [0.15, 0.2) is 0 Å². The molecule has 4 nitrogen and oxygen atoms in total. The molecule has 2 rings (SSSR count). The van der Waals surface area contributed by atoms with Gasteiger partial charge in [0.05, 0.1) is 12.5 Å². The summed E-state index contributed by atoms with van der Waals surface area (Å²) in [6, 6.07) is 7.36. The topological polar surface area (TPSA) is 75.4 Å². The molecule has 4 N–H and O–H groups in total. The summed E-state index contributed by atoms with van der Waals surface area (Å²) in [6.07, 6.45) is 4.17. The lowest BCUT2D eigenvalue weighted by Gasteiger charge is -2.27. The number of hydrogen-bond acceptors (Lipinski definition) is 3. The lowest BCUT2D eigenvalue weighted by atomic mass is 9.86. The molecule has 0 aromatic heterocycles. The van der Waals surface area contributed by atoms with Gasteiger partial charge in [-0.1, -0.05) is 25.0 Å². The number of carbonyl (C=O) groups excluding carboxylic acids is 1. The van der Waals surface area contributed by atoms with E-state index in [-0.39, 0.29) is 17.9 Å². The Morgan fingerprint density at radius 2 is 2.16 bits per heavy atom. The van der Waals surface area contributed by atoms with Gasteiger partial charge in [-0.05, 0) is 30.5 Å². The molecule has 2 atom stereocenters. The monoisotopic (exact) mass is 262 g/mol. The highest BCUT2D eigenvalue weighted by Crippen LogP contribution is 2.23. The van der Waals surface area contributed by atoms with Crippen molar-refractivity contribution >= 4 is 11.6 Å². The average molecular weight is 262 g/mol. The lowest BCUT2D eigenvalue weighted by molar-refractivity contribution is -0.120. The minimum atomic E-state index is -0.263. The predicted molar refractivity (Wildman–Crippen MR) is 75.5 cm³/mol. The summed E-state index contributed by atoms with van der Waals surface area (Å²) in [4.78, 5) is 11.8. The number of anilines is 1. The molecule has 0 aliphatic heterocycles. The van der Waals surface area contributed by atoms with Crippen molar-refractivity contribution in [2.24, 2.45) is 5.92 Å². The van der Waals surface area contributed by atoms with E-state index in [2.05, 4.69) is 5.32 Å². The predicted octanol–water partition coefficient (Wildman–Crippen LogP) is 1.48. The van der Waals surface area contributed by atoms with E-state index in [1.165, 1.54) is 0 Å². The quantitative estimate of drug-likeness (QED) is 0.719. The molecule has 0 radical (unpaired) electrons. The van der Waals surface area contributed by atoms with Gasteiger partial charge in [0.1, 0.15) is 0 Å². The van der Waals surface area contributed by atoms with Gasteiger partial charge in [-0.2, -0.15) is 0 Å². The summed E-state index contributed by atoms with van der Waals surface area (Å²) in [7, 11) is 0. The average Bonchev–Trinajstić information content (AvgIpc) is 2.38. The minimum absolute atomic E-state index is 0.0108. The zero-order valence-electron chi connectivity index (χ0n) is 11.1. The maximum atomic E-state index is 11.8. The summed E-state index contributed by atoms with van der Waals surface area (Å²) in [5.41, 5.74) is 7.27. The Morgan fingerprint density at radius 1 is 1.37 bits per heavy atom. The summed E-state index contributed by atoms with van der Waals surface area (Å²) in [6.45, 7) is 0.572. The van der Waals surface area contributed by atoms with E-state index in [0.29, 0.717) is 18.7 Å². The molecule has 4 heteroatoms. The molecule has 104 valence electrons. The number of nitrogens with two attached hydrogens (primary N) is 1. The van der Waals surface area contributed by atoms with Crippen LogP contribution in [0.25, 0.3) is 0 Å². The fraction of sp³-hybridized carbons (Fsp3) is 0.533. The highest BCUT2D eigenvalue weighted by Gasteiger charge is 2.23. The number of nitrogen functional groups attached to an aromatic ring is 1. The molecule has 1 aliphatic carbocycles. The van der Waals surface area contributed by atoms with E-state index in [0.717, 1.165) is 31.2 Å². The number of carbonyl (C=O) groups is 1. The number of amides is 1. The third-order valence-corrected chi connectivity index (χ3v) is 3.75. The zero-order chi connectivity index (χ0) is 13.7. The molecule has 0 saturated heterocycles. The molecule has 1 fully saturated rings. The number of rotatable bonds is 4. The van der Waals surface area contributed by atoms with Crippen LogP contribution in [0.2, 0.25) is 0 Å². The molecule has 0 spiro atoms. The van der Waals surface area contributed by atoms with Crippen molar-refractivity contribution in [1.29, 1.82) is 0 Å². The molecule has 0 bridgehead atoms. The SMILES string of the molecule is Nc1cccc(CC(=O)NCC2CCCCC2O)c1. The Morgan fingerprint density at radius 3 is 2.89 bits per heavy atom. The Labute approximate surface area is 114 Å². The molecule has 1 aliphatic rings. The van der Waals surface area contributed by atoms with E-state index < -0.39 is 0 Å². The fourth-order valence-electron chi connectivity index (χ4n) is 2.62. The van der Waals surface area contributed by atoms with Crippen molar-refractivity contribution in [3.8, 4) is 0 Å². The molecular weight excluding hydrogens is 240 g/mol. The van der Waals surface area contributed by atoms with Crippen LogP contribution in [0.4, 0.5) is 5.69 Å². The maximum absolute atomic E-state index is 11.8. The first-order chi connectivity index (χ1) is 9.15. The second kappa shape index (κ2) is 6.57. The van der Waals surface area contributed by atoms with Crippen molar-refractivity contribution in [2.75, 3.05) is 12.3 Å². The first kappa shape index (κ1) is 13.9. The van der Waals surface area contributed by atoms with Crippen LogP contribution in [-0.2, 0) is 11.2 Å². The second-order valence-corrected chi connectivity index (χ2v) is 5.34. The summed E-state index contributed by atoms with van der Waals surface area (Å²) >= 11 is 0. The highest BCUT2D eigenvalue weighted by atomic mass is 16.3. The van der Waals surface area contributed by atoms with Gasteiger partial charge in [-0.15, -0.1) is 0 Å². The van der Waals surface area contributed by atoms with E-state index in [4.69, 9.17) is 5.73 Å². The second-order valence-electron chi connectivity index (χ2n) is 5.34. The van der Waals surface area contributed by atoms with Gasteiger partial charge in [0, 0.05) is 18.2 Å². The summed E-state index contributed by atoms with van der Waals surface area (Å²) in [5, 5.41) is 12.8. The van der Waals surface area contributed by atoms with Crippen molar-refractivity contribution in [3.05, 3.63) is 29.8 Å². The minimum Gasteiger partial charge on any atom is -0.399 e. The van der Waals surface area contributed by atoms with Crippen LogP contribution >= 0.6 is 0 Å². The standard InChI is InChI=1S/C15H22N2O2/c16-13-6-3-4-11(8-13)9-15(19)17-10-12-5-1-2-7-14(12)18/h3-4,6,8,12,14,18H,1-2,5,7,9-10,16H2,(H,17,19). The van der Waals surface area contributed by atoms with Gasteiger partial charge < -0.3 is 16.2 Å². The lowest BCUT2D eigenvalue weighted by Crippen LogP contribution is -2.37. The Kier molecular flexibility index (Phi) is 4.80. The molecule has 2 unspecified atom stereocenters. The van der Waals surface area contributed by atoms with Gasteiger partial charge in [-0.25, -0.2) is 0 Å². The van der Waals surface area contributed by atoms with Crippen LogP contribution in [0.1, 0.15) is 31.2 Å². The van der Waals surface area contributed by atoms with Crippen LogP contribution in [0.5, 0.6) is 0 Å². The molecular formula is C15H22N2O2. The number of nitrogens with one attached hydrogen (secondary N) is 1. The largest absolute Gasteiger partial charge is 0.399 e. The maximum Gasteiger partial charge on any atom is 0.224 e. The third-order valence-electron chi connectivity index (χ3n) is 3.75. The van der Waals surface area contributed by atoms with Crippen molar-refractivity contribution in [2.45, 2.75) is 38.2 Å². The van der Waals surface area contributed by atoms with Gasteiger partial charge in [0.2, 0.25) is 5.91 Å². The summed E-state index contributed by atoms with van der Waals surface area (Å²) < 4.78 is 0. The molecule has 1 aromatic rings. The van der Waals surface area contributed by atoms with E-state index >= 15 is 0 Å². The molecule has 19 heavy (non-hydrogen) atoms. The van der Waals surface area contributed by atoms with Crippen LogP contribution in [0.15, 0.2) is 24.3 Å². The number of aliphatic hydroxyl groups is 1. The van der Waals surface area contributed by atoms with Gasteiger partial charge in [-0.3, -0.25) is 4.79 Å².